The molecule has 2 fully saturated rings. The molecule has 2 atom stereocenters. The minimum absolute atomic E-state index is 0.0500. The van der Waals surface area contributed by atoms with E-state index in [9.17, 15) is 0 Å². The summed E-state index contributed by atoms with van der Waals surface area (Å²) in [4.78, 5) is 5.03. The van der Waals surface area contributed by atoms with E-state index >= 15 is 0 Å². The van der Waals surface area contributed by atoms with Gasteiger partial charge in [-0.1, -0.05) is 0 Å². The molecule has 0 amide bonds. The maximum absolute atomic E-state index is 5.67. The van der Waals surface area contributed by atoms with Gasteiger partial charge in [0.05, 0.1) is 0 Å². The topological polar surface area (TPSA) is 24.9 Å². The first kappa shape index (κ1) is 14.3. The van der Waals surface area contributed by atoms with E-state index in [1.165, 1.54) is 32.5 Å². The number of likely N-dealkylation sites (tertiary alicyclic amines) is 2. The van der Waals surface area contributed by atoms with Gasteiger partial charge < -0.3 is 14.4 Å². The second-order valence-corrected chi connectivity index (χ2v) is 5.50. The summed E-state index contributed by atoms with van der Waals surface area (Å²) in [7, 11) is 2.23. The van der Waals surface area contributed by atoms with Crippen LogP contribution in [0.3, 0.4) is 0 Å². The molecule has 2 aliphatic heterocycles. The van der Waals surface area contributed by atoms with Crippen LogP contribution in [0.15, 0.2) is 0 Å². The van der Waals surface area contributed by atoms with Gasteiger partial charge in [-0.2, -0.15) is 0 Å². The molecule has 0 saturated carbocycles. The second kappa shape index (κ2) is 6.85. The highest BCUT2D eigenvalue weighted by Crippen LogP contribution is 2.31. The molecule has 0 bridgehead atoms. The predicted octanol–water partition coefficient (Wildman–Crippen LogP) is 1.41. The monoisotopic (exact) mass is 256 g/mol. The highest BCUT2D eigenvalue weighted by molar-refractivity contribution is 4.92. The number of hydrogen-bond donors (Lipinski definition) is 0. The van der Waals surface area contributed by atoms with E-state index in [0.29, 0.717) is 6.04 Å². The molecule has 0 spiro atoms. The lowest BCUT2D eigenvalue weighted by Crippen LogP contribution is -2.49. The predicted molar refractivity (Wildman–Crippen MR) is 72.6 cm³/mol. The van der Waals surface area contributed by atoms with Crippen LogP contribution in [0.1, 0.15) is 26.7 Å². The lowest BCUT2D eigenvalue weighted by molar-refractivity contribution is -0.149. The van der Waals surface area contributed by atoms with Crippen molar-refractivity contribution in [1.82, 2.24) is 9.80 Å². The highest BCUT2D eigenvalue weighted by atomic mass is 16.7. The number of hydrogen-bond acceptors (Lipinski definition) is 4. The summed E-state index contributed by atoms with van der Waals surface area (Å²) in [5.41, 5.74) is 0. The maximum Gasteiger partial charge on any atom is 0.170 e. The van der Waals surface area contributed by atoms with Gasteiger partial charge in [-0.3, -0.25) is 4.90 Å². The van der Waals surface area contributed by atoms with Gasteiger partial charge in [-0.25, -0.2) is 0 Å². The third-order valence-electron chi connectivity index (χ3n) is 4.27. The van der Waals surface area contributed by atoms with Crippen molar-refractivity contribution in [2.75, 3.05) is 46.4 Å². The number of likely N-dealkylation sites (N-methyl/N-ethyl adjacent to an activating group) is 1. The molecule has 4 nitrogen and oxygen atoms in total. The number of nitrogens with zero attached hydrogens (tertiary/aromatic N) is 2. The van der Waals surface area contributed by atoms with E-state index in [1.807, 2.05) is 13.8 Å². The zero-order valence-electron chi connectivity index (χ0n) is 12.1. The van der Waals surface area contributed by atoms with Crippen LogP contribution in [-0.2, 0) is 9.47 Å². The van der Waals surface area contributed by atoms with Crippen molar-refractivity contribution >= 4 is 0 Å². The molecule has 2 aliphatic rings. The quantitative estimate of drug-likeness (QED) is 0.671. The Labute approximate surface area is 111 Å². The fourth-order valence-corrected chi connectivity index (χ4v) is 3.33. The van der Waals surface area contributed by atoms with Crippen molar-refractivity contribution < 1.29 is 9.47 Å². The number of rotatable bonds is 6. The second-order valence-electron chi connectivity index (χ2n) is 5.50. The van der Waals surface area contributed by atoms with Gasteiger partial charge in [0.15, 0.2) is 6.29 Å². The Morgan fingerprint density at radius 2 is 1.78 bits per heavy atom. The molecule has 2 heterocycles. The summed E-state index contributed by atoms with van der Waals surface area (Å²) < 4.78 is 11.3. The molecule has 4 heteroatoms. The third-order valence-corrected chi connectivity index (χ3v) is 4.27. The average Bonchev–Trinajstić information content (AvgIpc) is 2.73. The summed E-state index contributed by atoms with van der Waals surface area (Å²) in [6.07, 6.45) is 2.65. The molecule has 0 N–H and O–H groups in total. The number of fused-ring (bicyclic) bond motifs is 1. The van der Waals surface area contributed by atoms with Crippen molar-refractivity contribution in [2.24, 2.45) is 5.92 Å². The fourth-order valence-electron chi connectivity index (χ4n) is 3.33. The van der Waals surface area contributed by atoms with Crippen molar-refractivity contribution in [3.05, 3.63) is 0 Å². The fraction of sp³-hybridized carbons (Fsp3) is 1.00. The van der Waals surface area contributed by atoms with Gasteiger partial charge in [-0.15, -0.1) is 0 Å². The summed E-state index contributed by atoms with van der Waals surface area (Å²) in [5, 5.41) is 0. The third kappa shape index (κ3) is 3.44. The van der Waals surface area contributed by atoms with E-state index in [2.05, 4.69) is 16.8 Å². The van der Waals surface area contributed by atoms with Crippen LogP contribution in [0, 0.1) is 5.92 Å². The minimum Gasteiger partial charge on any atom is -0.352 e. The van der Waals surface area contributed by atoms with Crippen LogP contribution in [0.4, 0.5) is 0 Å². The van der Waals surface area contributed by atoms with Crippen molar-refractivity contribution in [1.29, 1.82) is 0 Å². The van der Waals surface area contributed by atoms with Gasteiger partial charge in [0.2, 0.25) is 0 Å². The molecule has 18 heavy (non-hydrogen) atoms. The molecule has 2 saturated heterocycles. The van der Waals surface area contributed by atoms with E-state index in [0.717, 1.165) is 25.7 Å². The molecule has 0 aromatic rings. The van der Waals surface area contributed by atoms with Crippen molar-refractivity contribution in [2.45, 2.75) is 39.0 Å². The van der Waals surface area contributed by atoms with Gasteiger partial charge in [0, 0.05) is 32.3 Å². The van der Waals surface area contributed by atoms with Crippen LogP contribution < -0.4 is 0 Å². The Morgan fingerprint density at radius 3 is 2.44 bits per heavy atom. The number of piperidine rings is 1. The molecule has 0 aromatic carbocycles. The first-order chi connectivity index (χ1) is 8.74. The minimum atomic E-state index is -0.0500. The molecule has 2 unspecified atom stereocenters. The Kier molecular flexibility index (Phi) is 5.42. The lowest BCUT2D eigenvalue weighted by atomic mass is 9.92. The lowest BCUT2D eigenvalue weighted by Gasteiger charge is -2.37. The Bertz CT molecular complexity index is 244. The molecule has 0 aliphatic carbocycles. The molecular formula is C14H28N2O2. The number of ether oxygens (including phenoxy) is 2. The van der Waals surface area contributed by atoms with Gasteiger partial charge in [0.25, 0.3) is 0 Å². The first-order valence-electron chi connectivity index (χ1n) is 7.40. The normalized spacial score (nSPS) is 30.0. The molecule has 2 rings (SSSR count). The van der Waals surface area contributed by atoms with Crippen LogP contribution in [0.25, 0.3) is 0 Å². The summed E-state index contributed by atoms with van der Waals surface area (Å²) >= 11 is 0. The van der Waals surface area contributed by atoms with E-state index < -0.39 is 0 Å². The highest BCUT2D eigenvalue weighted by Gasteiger charge is 2.38. The SMILES string of the molecule is CCOC(CN1CCC2CCN(C)CC21)OCC. The maximum atomic E-state index is 5.67. The van der Waals surface area contributed by atoms with Gasteiger partial charge in [-0.05, 0) is 52.7 Å². The molecule has 0 radical (unpaired) electrons. The first-order valence-corrected chi connectivity index (χ1v) is 7.40. The average molecular weight is 256 g/mol. The summed E-state index contributed by atoms with van der Waals surface area (Å²) in [6, 6.07) is 0.715. The van der Waals surface area contributed by atoms with Gasteiger partial charge >= 0.3 is 0 Å². The van der Waals surface area contributed by atoms with E-state index in [4.69, 9.17) is 9.47 Å². The zero-order valence-corrected chi connectivity index (χ0v) is 12.1. The Hall–Kier alpha value is -0.160. The Morgan fingerprint density at radius 1 is 1.11 bits per heavy atom. The van der Waals surface area contributed by atoms with E-state index in [-0.39, 0.29) is 6.29 Å². The van der Waals surface area contributed by atoms with Crippen LogP contribution in [0.5, 0.6) is 0 Å². The van der Waals surface area contributed by atoms with Gasteiger partial charge in [0.1, 0.15) is 0 Å². The zero-order chi connectivity index (χ0) is 13.0. The standard InChI is InChI=1S/C14H28N2O2/c1-4-17-14(18-5-2)11-16-9-7-12-6-8-15(3)10-13(12)16/h12-14H,4-11H2,1-3H3. The molecular weight excluding hydrogens is 228 g/mol. The summed E-state index contributed by atoms with van der Waals surface area (Å²) in [5.74, 6) is 0.894. The largest absolute Gasteiger partial charge is 0.352 e. The molecule has 0 aromatic heterocycles. The smallest absolute Gasteiger partial charge is 0.170 e. The van der Waals surface area contributed by atoms with Crippen LogP contribution in [0.2, 0.25) is 0 Å². The van der Waals surface area contributed by atoms with Crippen molar-refractivity contribution in [3.8, 4) is 0 Å². The van der Waals surface area contributed by atoms with Crippen molar-refractivity contribution in [3.63, 3.8) is 0 Å². The van der Waals surface area contributed by atoms with E-state index in [1.54, 1.807) is 0 Å². The Balaban J connectivity index is 1.87. The van der Waals surface area contributed by atoms with Crippen LogP contribution in [-0.4, -0.2) is 68.6 Å². The molecule has 106 valence electrons. The summed E-state index contributed by atoms with van der Waals surface area (Å²) in [6.45, 7) is 10.1. The van der Waals surface area contributed by atoms with Crippen LogP contribution >= 0.6 is 0 Å².